The number of hydrogen-bond acceptors (Lipinski definition) is 7. The number of alkyl halides is 3. The number of carbonyl (C=O) groups excluding carboxylic acids is 1. The minimum atomic E-state index is -4.57. The van der Waals surface area contributed by atoms with Gasteiger partial charge in [0.05, 0.1) is 24.1 Å². The molecule has 3 heterocycles. The van der Waals surface area contributed by atoms with Crippen molar-refractivity contribution >= 4 is 34.1 Å². The molecule has 1 aromatic heterocycles. The van der Waals surface area contributed by atoms with E-state index >= 15 is 0 Å². The van der Waals surface area contributed by atoms with Crippen molar-refractivity contribution in [3.8, 4) is 17.6 Å². The fourth-order valence-corrected chi connectivity index (χ4v) is 4.94. The Morgan fingerprint density at radius 2 is 2.03 bits per heavy atom. The second-order valence-corrected chi connectivity index (χ2v) is 10.1. The Labute approximate surface area is 222 Å². The van der Waals surface area contributed by atoms with Crippen LogP contribution in [-0.2, 0) is 18.0 Å². The van der Waals surface area contributed by atoms with Gasteiger partial charge in [0.2, 0.25) is 0 Å². The monoisotopic (exact) mass is 542 g/mol. The lowest BCUT2D eigenvalue weighted by Crippen LogP contribution is -2.35. The second kappa shape index (κ2) is 10.1. The molecule has 2 aliphatic heterocycles. The summed E-state index contributed by atoms with van der Waals surface area (Å²) >= 11 is 1.32. The molecule has 198 valence electrons. The Kier molecular flexibility index (Phi) is 6.88. The van der Waals surface area contributed by atoms with E-state index in [9.17, 15) is 18.0 Å². The zero-order valence-corrected chi connectivity index (χ0v) is 21.7. The minimum Gasteiger partial charge on any atom is -0.496 e. The molecular weight excluding hydrogens is 517 g/mol. The van der Waals surface area contributed by atoms with E-state index in [0.29, 0.717) is 28.0 Å². The number of nitrogens with zero attached hydrogens (tertiary/aromatic N) is 4. The van der Waals surface area contributed by atoms with Crippen LogP contribution in [0.15, 0.2) is 47.2 Å². The van der Waals surface area contributed by atoms with E-state index in [1.165, 1.54) is 24.9 Å². The van der Waals surface area contributed by atoms with Crippen LogP contribution in [0, 0.1) is 17.8 Å². The molecule has 1 unspecified atom stereocenters. The molecule has 1 atom stereocenters. The summed E-state index contributed by atoms with van der Waals surface area (Å²) in [5.74, 6) is 6.55. The summed E-state index contributed by atoms with van der Waals surface area (Å²) in [5, 5.41) is 16.4. The number of amides is 1. The van der Waals surface area contributed by atoms with E-state index in [2.05, 4.69) is 32.7 Å². The molecule has 12 heteroatoms. The number of thioether (sulfide) groups is 1. The lowest BCUT2D eigenvalue weighted by molar-refractivity contribution is -0.137. The first-order valence-corrected chi connectivity index (χ1v) is 12.7. The van der Waals surface area contributed by atoms with Crippen LogP contribution in [0.1, 0.15) is 29.7 Å². The summed E-state index contributed by atoms with van der Waals surface area (Å²) < 4.78 is 47.9. The molecular formula is C26H25F3N6O2S. The summed E-state index contributed by atoms with van der Waals surface area (Å²) in [7, 11) is 4.91. The van der Waals surface area contributed by atoms with Crippen molar-refractivity contribution in [2.75, 3.05) is 20.7 Å². The molecule has 1 fully saturated rings. The number of hydrazone groups is 1. The fourth-order valence-electron chi connectivity index (χ4n) is 4.07. The number of aryl methyl sites for hydroxylation is 1. The number of benzene rings is 1. The number of dihydropyridines is 1. The molecule has 0 spiro atoms. The van der Waals surface area contributed by atoms with Gasteiger partial charge >= 0.3 is 6.18 Å². The molecule has 1 aromatic carbocycles. The van der Waals surface area contributed by atoms with Crippen molar-refractivity contribution in [3.05, 3.63) is 58.9 Å². The lowest BCUT2D eigenvalue weighted by atomic mass is 9.92. The Bertz CT molecular complexity index is 1430. The van der Waals surface area contributed by atoms with Gasteiger partial charge in [0, 0.05) is 43.9 Å². The zero-order chi connectivity index (χ0) is 27.0. The number of hydrogen-bond donors (Lipinski definition) is 2. The highest BCUT2D eigenvalue weighted by Crippen LogP contribution is 2.38. The Balaban J connectivity index is 1.52. The van der Waals surface area contributed by atoms with E-state index in [1.54, 1.807) is 42.1 Å². The first-order chi connectivity index (χ1) is 18.1. The third kappa shape index (κ3) is 5.38. The van der Waals surface area contributed by atoms with Gasteiger partial charge in [-0.3, -0.25) is 19.8 Å². The van der Waals surface area contributed by atoms with Crippen LogP contribution in [0.5, 0.6) is 5.75 Å². The molecule has 2 aromatic rings. The maximum absolute atomic E-state index is 13.6. The third-order valence-electron chi connectivity index (χ3n) is 6.28. The number of nitrogens with one attached hydrogen (secondary N) is 2. The van der Waals surface area contributed by atoms with E-state index in [-0.39, 0.29) is 28.8 Å². The van der Waals surface area contributed by atoms with Gasteiger partial charge in [-0.1, -0.05) is 11.8 Å². The van der Waals surface area contributed by atoms with Gasteiger partial charge in [-0.2, -0.15) is 23.4 Å². The van der Waals surface area contributed by atoms with Crippen LogP contribution in [-0.4, -0.2) is 51.9 Å². The Hall–Kier alpha value is -3.85. The van der Waals surface area contributed by atoms with E-state index in [4.69, 9.17) is 4.74 Å². The molecule has 2 N–H and O–H groups in total. The van der Waals surface area contributed by atoms with Gasteiger partial charge in [0.15, 0.2) is 10.5 Å². The van der Waals surface area contributed by atoms with E-state index < -0.39 is 17.6 Å². The molecule has 1 saturated carbocycles. The zero-order valence-electron chi connectivity index (χ0n) is 20.9. The van der Waals surface area contributed by atoms with Crippen molar-refractivity contribution in [2.45, 2.75) is 24.4 Å². The van der Waals surface area contributed by atoms with Gasteiger partial charge in [-0.05, 0) is 60.5 Å². The summed E-state index contributed by atoms with van der Waals surface area (Å²) in [6.07, 6.45) is 0.906. The molecule has 0 bridgehead atoms. The first-order valence-electron chi connectivity index (χ1n) is 11.9. The van der Waals surface area contributed by atoms with Gasteiger partial charge in [0.1, 0.15) is 5.75 Å². The van der Waals surface area contributed by atoms with E-state index in [0.717, 1.165) is 25.0 Å². The van der Waals surface area contributed by atoms with Gasteiger partial charge in [0.25, 0.3) is 5.91 Å². The predicted molar refractivity (Wildman–Crippen MR) is 139 cm³/mol. The van der Waals surface area contributed by atoms with E-state index in [1.807, 2.05) is 0 Å². The third-order valence-corrected chi connectivity index (χ3v) is 7.33. The molecule has 5 rings (SSSR count). The van der Waals surface area contributed by atoms with Crippen LogP contribution in [0.3, 0.4) is 0 Å². The van der Waals surface area contributed by atoms with Crippen molar-refractivity contribution in [3.63, 3.8) is 0 Å². The molecule has 3 aliphatic rings. The number of carbonyl (C=O) groups is 1. The molecule has 8 nitrogen and oxygen atoms in total. The van der Waals surface area contributed by atoms with Gasteiger partial charge < -0.3 is 10.1 Å². The SMILES string of the molecule is COc1ccc(C(F)(F)F)cc1C1=C(C(=O)NC2=NN(C)C(C#CC3CC3)S2)CNC(c2ccnn2C)=C1. The molecule has 1 aliphatic carbocycles. The number of rotatable bonds is 4. The van der Waals surface area contributed by atoms with Crippen molar-refractivity contribution in [1.82, 2.24) is 25.4 Å². The number of allylic oxidation sites excluding steroid dienone is 2. The highest BCUT2D eigenvalue weighted by Gasteiger charge is 2.33. The summed E-state index contributed by atoms with van der Waals surface area (Å²) in [4.78, 5) is 13.5. The van der Waals surface area contributed by atoms with Crippen LogP contribution in [0.2, 0.25) is 0 Å². The molecule has 38 heavy (non-hydrogen) atoms. The highest BCUT2D eigenvalue weighted by molar-refractivity contribution is 8.14. The topological polar surface area (TPSA) is 83.8 Å². The Morgan fingerprint density at radius 1 is 1.24 bits per heavy atom. The predicted octanol–water partition coefficient (Wildman–Crippen LogP) is 3.65. The fraction of sp³-hybridized carbons (Fsp3) is 0.346. The maximum atomic E-state index is 13.6. The quantitative estimate of drug-likeness (QED) is 0.574. The van der Waals surface area contributed by atoms with Crippen LogP contribution in [0.25, 0.3) is 11.3 Å². The number of methoxy groups -OCH3 is 1. The number of aromatic nitrogens is 2. The number of ether oxygens (including phenoxy) is 1. The summed E-state index contributed by atoms with van der Waals surface area (Å²) in [6.45, 7) is 0.0658. The minimum absolute atomic E-state index is 0.0658. The van der Waals surface area contributed by atoms with Crippen LogP contribution >= 0.6 is 11.8 Å². The van der Waals surface area contributed by atoms with Crippen molar-refractivity contribution in [1.29, 1.82) is 0 Å². The van der Waals surface area contributed by atoms with Crippen LogP contribution in [0.4, 0.5) is 13.2 Å². The van der Waals surface area contributed by atoms with Crippen molar-refractivity contribution in [2.24, 2.45) is 18.1 Å². The average Bonchev–Trinajstić information content (AvgIpc) is 3.52. The highest BCUT2D eigenvalue weighted by atomic mass is 32.2. The molecule has 0 saturated heterocycles. The second-order valence-electron chi connectivity index (χ2n) is 9.02. The Morgan fingerprint density at radius 3 is 2.68 bits per heavy atom. The largest absolute Gasteiger partial charge is 0.496 e. The first kappa shape index (κ1) is 25.8. The number of halogens is 3. The maximum Gasteiger partial charge on any atom is 0.416 e. The summed E-state index contributed by atoms with van der Waals surface area (Å²) in [5.41, 5.74) is 1.18. The van der Waals surface area contributed by atoms with Gasteiger partial charge in [-0.25, -0.2) is 0 Å². The standard InChI is InChI=1S/C26H25F3N6O2S/c1-34-21(10-11-31-34)20-13-17(18-12-16(26(27,28)29)7-8-22(18)37-3)19(14-30-20)24(36)32-25-33-35(2)23(38-25)9-6-15-4-5-15/h7-8,10-13,15,23,30H,4-5,14H2,1-3H3,(H,32,33,36). The van der Waals surface area contributed by atoms with Crippen LogP contribution < -0.4 is 15.4 Å². The van der Waals surface area contributed by atoms with Crippen molar-refractivity contribution < 1.29 is 22.7 Å². The lowest BCUT2D eigenvalue weighted by Gasteiger charge is -2.23. The summed E-state index contributed by atoms with van der Waals surface area (Å²) in [6, 6.07) is 4.99. The molecule has 0 radical (unpaired) electrons. The normalized spacial score (nSPS) is 19.3. The smallest absolute Gasteiger partial charge is 0.416 e. The number of amidine groups is 1. The average molecular weight is 543 g/mol. The molecule has 1 amide bonds. The van der Waals surface area contributed by atoms with Gasteiger partial charge in [-0.15, -0.1) is 0 Å².